The molecule has 0 heterocycles. The molecule has 0 amide bonds. The Kier molecular flexibility index (Phi) is 7.71. The highest BCUT2D eigenvalue weighted by Crippen LogP contribution is 2.24. The number of hydrogen-bond acceptors (Lipinski definition) is 2. The normalized spacial score (nSPS) is 10.8. The Bertz CT molecular complexity index is 649. The molecule has 2 nitrogen and oxygen atoms in total. The van der Waals surface area contributed by atoms with Gasteiger partial charge in [0.2, 0.25) is 0 Å². The van der Waals surface area contributed by atoms with Crippen LogP contribution in [0.5, 0.6) is 5.75 Å². The summed E-state index contributed by atoms with van der Waals surface area (Å²) >= 11 is 15.6. The lowest BCUT2D eigenvalue weighted by atomic mass is 10.1. The van der Waals surface area contributed by atoms with E-state index in [0.29, 0.717) is 10.0 Å². The summed E-state index contributed by atoms with van der Waals surface area (Å²) < 4.78 is 6.85. The maximum absolute atomic E-state index is 6.19. The number of halogens is 3. The van der Waals surface area contributed by atoms with Crippen LogP contribution in [-0.4, -0.2) is 13.2 Å². The van der Waals surface area contributed by atoms with E-state index in [0.717, 1.165) is 53.9 Å². The third-order valence-electron chi connectivity index (χ3n) is 3.39. The first kappa shape index (κ1) is 18.6. The van der Waals surface area contributed by atoms with Crippen LogP contribution in [0, 0.1) is 0 Å². The first-order chi connectivity index (χ1) is 11.1. The summed E-state index contributed by atoms with van der Waals surface area (Å²) in [6.07, 6.45) is 1.85. The van der Waals surface area contributed by atoms with Crippen LogP contribution in [0.1, 0.15) is 24.5 Å². The maximum Gasteiger partial charge on any atom is 0.123 e. The standard InChI is InChI=1S/C18H20BrCl2NO/c1-2-9-23-18-6-4-15(19)10-14(18)12-22-8-7-13-3-5-16(20)11-17(13)21/h3-6,10-11,22H,2,7-9,12H2,1H3. The van der Waals surface area contributed by atoms with E-state index in [-0.39, 0.29) is 0 Å². The second-order valence-electron chi connectivity index (χ2n) is 5.26. The second kappa shape index (κ2) is 9.53. The summed E-state index contributed by atoms with van der Waals surface area (Å²) in [5.74, 6) is 0.937. The van der Waals surface area contributed by atoms with Gasteiger partial charge in [-0.1, -0.05) is 52.1 Å². The van der Waals surface area contributed by atoms with Crippen molar-refractivity contribution < 1.29 is 4.74 Å². The molecule has 0 saturated heterocycles. The third-order valence-corrected chi connectivity index (χ3v) is 4.47. The van der Waals surface area contributed by atoms with Crippen LogP contribution >= 0.6 is 39.1 Å². The molecule has 0 aliphatic heterocycles. The molecule has 0 unspecified atom stereocenters. The molecule has 0 saturated carbocycles. The lowest BCUT2D eigenvalue weighted by Crippen LogP contribution is -2.17. The van der Waals surface area contributed by atoms with Crippen molar-refractivity contribution in [2.75, 3.05) is 13.2 Å². The van der Waals surface area contributed by atoms with Gasteiger partial charge in [0.05, 0.1) is 6.61 Å². The number of benzene rings is 2. The number of hydrogen-bond donors (Lipinski definition) is 1. The summed E-state index contributed by atoms with van der Waals surface area (Å²) in [4.78, 5) is 0. The minimum Gasteiger partial charge on any atom is -0.493 e. The first-order valence-corrected chi connectivity index (χ1v) is 9.21. The molecule has 0 bridgehead atoms. The summed E-state index contributed by atoms with van der Waals surface area (Å²) in [5.41, 5.74) is 2.25. The Morgan fingerprint density at radius 1 is 1.09 bits per heavy atom. The van der Waals surface area contributed by atoms with Crippen LogP contribution < -0.4 is 10.1 Å². The molecule has 0 aliphatic rings. The van der Waals surface area contributed by atoms with Crippen molar-refractivity contribution in [1.29, 1.82) is 0 Å². The Balaban J connectivity index is 1.89. The van der Waals surface area contributed by atoms with Crippen molar-refractivity contribution in [3.05, 3.63) is 62.0 Å². The van der Waals surface area contributed by atoms with Crippen LogP contribution in [0.3, 0.4) is 0 Å². The predicted octanol–water partition coefficient (Wildman–Crippen LogP) is 5.88. The highest BCUT2D eigenvalue weighted by molar-refractivity contribution is 9.10. The molecule has 1 N–H and O–H groups in total. The molecule has 5 heteroatoms. The minimum atomic E-state index is 0.665. The maximum atomic E-state index is 6.19. The average Bonchev–Trinajstić information content (AvgIpc) is 2.52. The van der Waals surface area contributed by atoms with Gasteiger partial charge in [-0.2, -0.15) is 0 Å². The summed E-state index contributed by atoms with van der Waals surface area (Å²) in [5, 5.41) is 4.83. The van der Waals surface area contributed by atoms with Crippen molar-refractivity contribution in [3.8, 4) is 5.75 Å². The summed E-state index contributed by atoms with van der Waals surface area (Å²) in [6.45, 7) is 4.42. The zero-order valence-corrected chi connectivity index (χ0v) is 16.1. The molecule has 124 valence electrons. The van der Waals surface area contributed by atoms with Crippen LogP contribution in [-0.2, 0) is 13.0 Å². The minimum absolute atomic E-state index is 0.665. The van der Waals surface area contributed by atoms with E-state index in [9.17, 15) is 0 Å². The number of nitrogens with one attached hydrogen (secondary N) is 1. The van der Waals surface area contributed by atoms with Crippen molar-refractivity contribution in [3.63, 3.8) is 0 Å². The SMILES string of the molecule is CCCOc1ccc(Br)cc1CNCCc1ccc(Cl)cc1Cl. The van der Waals surface area contributed by atoms with Crippen molar-refractivity contribution in [2.45, 2.75) is 26.3 Å². The number of ether oxygens (including phenoxy) is 1. The molecule has 23 heavy (non-hydrogen) atoms. The van der Waals surface area contributed by atoms with Gasteiger partial charge in [-0.3, -0.25) is 0 Å². The largest absolute Gasteiger partial charge is 0.493 e. The summed E-state index contributed by atoms with van der Waals surface area (Å²) in [6, 6.07) is 11.7. The van der Waals surface area contributed by atoms with E-state index in [4.69, 9.17) is 27.9 Å². The van der Waals surface area contributed by atoms with Gasteiger partial charge in [0.25, 0.3) is 0 Å². The van der Waals surface area contributed by atoms with Gasteiger partial charge in [-0.05, 0) is 55.3 Å². The lowest BCUT2D eigenvalue weighted by molar-refractivity contribution is 0.313. The molecule has 0 spiro atoms. The molecule has 0 atom stereocenters. The van der Waals surface area contributed by atoms with Gasteiger partial charge in [-0.15, -0.1) is 0 Å². The Labute approximate surface area is 156 Å². The van der Waals surface area contributed by atoms with Gasteiger partial charge in [0.1, 0.15) is 5.75 Å². The highest BCUT2D eigenvalue weighted by Gasteiger charge is 2.05. The Hall–Kier alpha value is -0.740. The lowest BCUT2D eigenvalue weighted by Gasteiger charge is -2.12. The molecule has 0 radical (unpaired) electrons. The fraction of sp³-hybridized carbons (Fsp3) is 0.333. The Morgan fingerprint density at radius 2 is 1.91 bits per heavy atom. The monoisotopic (exact) mass is 415 g/mol. The molecular weight excluding hydrogens is 397 g/mol. The fourth-order valence-electron chi connectivity index (χ4n) is 2.21. The molecule has 2 aromatic rings. The van der Waals surface area contributed by atoms with Crippen molar-refractivity contribution >= 4 is 39.1 Å². The van der Waals surface area contributed by atoms with Gasteiger partial charge in [0, 0.05) is 26.6 Å². The van der Waals surface area contributed by atoms with E-state index in [1.54, 1.807) is 6.07 Å². The molecule has 0 fully saturated rings. The molecule has 0 aromatic heterocycles. The van der Waals surface area contributed by atoms with Crippen LogP contribution in [0.4, 0.5) is 0 Å². The van der Waals surface area contributed by atoms with Gasteiger partial charge >= 0.3 is 0 Å². The second-order valence-corrected chi connectivity index (χ2v) is 7.02. The smallest absolute Gasteiger partial charge is 0.123 e. The van der Waals surface area contributed by atoms with E-state index in [1.165, 1.54) is 0 Å². The van der Waals surface area contributed by atoms with Crippen LogP contribution in [0.15, 0.2) is 40.9 Å². The van der Waals surface area contributed by atoms with E-state index in [1.807, 2.05) is 24.3 Å². The fourth-order valence-corrected chi connectivity index (χ4v) is 3.12. The quantitative estimate of drug-likeness (QED) is 0.542. The summed E-state index contributed by atoms with van der Waals surface area (Å²) in [7, 11) is 0. The van der Waals surface area contributed by atoms with Crippen molar-refractivity contribution in [1.82, 2.24) is 5.32 Å². The van der Waals surface area contributed by atoms with Crippen LogP contribution in [0.2, 0.25) is 10.0 Å². The molecule has 2 rings (SSSR count). The molecular formula is C18H20BrCl2NO. The Morgan fingerprint density at radius 3 is 2.65 bits per heavy atom. The zero-order chi connectivity index (χ0) is 16.7. The average molecular weight is 417 g/mol. The zero-order valence-electron chi connectivity index (χ0n) is 13.0. The van der Waals surface area contributed by atoms with E-state index in [2.05, 4.69) is 34.2 Å². The molecule has 0 aliphatic carbocycles. The number of rotatable bonds is 8. The van der Waals surface area contributed by atoms with Gasteiger partial charge in [0.15, 0.2) is 0 Å². The van der Waals surface area contributed by atoms with Gasteiger partial charge < -0.3 is 10.1 Å². The van der Waals surface area contributed by atoms with Crippen molar-refractivity contribution in [2.24, 2.45) is 0 Å². The first-order valence-electron chi connectivity index (χ1n) is 7.66. The van der Waals surface area contributed by atoms with Crippen LogP contribution in [0.25, 0.3) is 0 Å². The van der Waals surface area contributed by atoms with E-state index >= 15 is 0 Å². The third kappa shape index (κ3) is 6.00. The molecule has 2 aromatic carbocycles. The highest BCUT2D eigenvalue weighted by atomic mass is 79.9. The van der Waals surface area contributed by atoms with Gasteiger partial charge in [-0.25, -0.2) is 0 Å². The predicted molar refractivity (Wildman–Crippen MR) is 102 cm³/mol. The topological polar surface area (TPSA) is 21.3 Å². The van der Waals surface area contributed by atoms with E-state index < -0.39 is 0 Å².